The van der Waals surface area contributed by atoms with Gasteiger partial charge in [0.1, 0.15) is 0 Å². The Labute approximate surface area is 56.3 Å². The summed E-state index contributed by atoms with van der Waals surface area (Å²) in [5, 5.41) is 7.06. The van der Waals surface area contributed by atoms with Crippen molar-refractivity contribution in [1.82, 2.24) is 0 Å². The molecule has 0 bridgehead atoms. The van der Waals surface area contributed by atoms with Crippen molar-refractivity contribution in [2.75, 3.05) is 0 Å². The number of rotatable bonds is 2. The summed E-state index contributed by atoms with van der Waals surface area (Å²) in [6.45, 7) is 3.74. The van der Waals surface area contributed by atoms with Gasteiger partial charge in [-0.3, -0.25) is 0 Å². The van der Waals surface area contributed by atoms with Gasteiger partial charge >= 0.3 is 0 Å². The van der Waals surface area contributed by atoms with Crippen LogP contribution in [0.1, 0.15) is 19.3 Å². The highest BCUT2D eigenvalue weighted by Gasteiger charge is 2.21. The van der Waals surface area contributed by atoms with Crippen molar-refractivity contribution < 1.29 is 0 Å². The molecule has 1 aliphatic carbocycles. The van der Waals surface area contributed by atoms with Crippen LogP contribution in [0, 0.1) is 17.2 Å². The van der Waals surface area contributed by atoms with Gasteiger partial charge in [-0.1, -0.05) is 12.5 Å². The Balaban J connectivity index is 2.50. The maximum atomic E-state index is 7.06. The second kappa shape index (κ2) is 2.81. The Bertz CT molecular complexity index is 104. The fourth-order valence-electron chi connectivity index (χ4n) is 1.52. The molecule has 1 rings (SSSR count). The van der Waals surface area contributed by atoms with Gasteiger partial charge in [0.15, 0.2) is 0 Å². The maximum Gasteiger partial charge on any atom is -0.000216 e. The molecule has 9 heavy (non-hydrogen) atoms. The standard InChI is InChI=1S/C8H13N/c1-2-7-4-3-5-8(7)6-9/h2,6-9H,1,3-5H2. The van der Waals surface area contributed by atoms with Crippen LogP contribution >= 0.6 is 0 Å². The van der Waals surface area contributed by atoms with E-state index in [0.29, 0.717) is 11.8 Å². The van der Waals surface area contributed by atoms with Gasteiger partial charge in [-0.05, 0) is 30.9 Å². The molecule has 1 aliphatic rings. The van der Waals surface area contributed by atoms with E-state index >= 15 is 0 Å². The van der Waals surface area contributed by atoms with Crippen molar-refractivity contribution in [2.24, 2.45) is 11.8 Å². The Morgan fingerprint density at radius 3 is 2.44 bits per heavy atom. The normalized spacial score (nSPS) is 34.2. The summed E-state index contributed by atoms with van der Waals surface area (Å²) < 4.78 is 0. The van der Waals surface area contributed by atoms with E-state index in [0.717, 1.165) is 0 Å². The third-order valence-electron chi connectivity index (χ3n) is 2.14. The zero-order chi connectivity index (χ0) is 6.69. The van der Waals surface area contributed by atoms with E-state index in [1.165, 1.54) is 19.3 Å². The molecule has 0 spiro atoms. The van der Waals surface area contributed by atoms with Crippen LogP contribution in [-0.4, -0.2) is 6.21 Å². The molecular formula is C8H13N. The van der Waals surface area contributed by atoms with Crippen LogP contribution < -0.4 is 0 Å². The lowest BCUT2D eigenvalue weighted by molar-refractivity contribution is 0.599. The van der Waals surface area contributed by atoms with Crippen LogP contribution in [0.2, 0.25) is 0 Å². The molecule has 0 amide bonds. The third-order valence-corrected chi connectivity index (χ3v) is 2.14. The van der Waals surface area contributed by atoms with Crippen molar-refractivity contribution in [3.05, 3.63) is 12.7 Å². The minimum atomic E-state index is 0.502. The average molecular weight is 123 g/mol. The highest BCUT2D eigenvalue weighted by Crippen LogP contribution is 2.30. The van der Waals surface area contributed by atoms with Gasteiger partial charge < -0.3 is 5.41 Å². The van der Waals surface area contributed by atoms with Crippen molar-refractivity contribution >= 4 is 6.21 Å². The number of hydrogen-bond acceptors (Lipinski definition) is 1. The molecule has 50 valence electrons. The molecule has 0 aromatic rings. The van der Waals surface area contributed by atoms with Gasteiger partial charge in [0.05, 0.1) is 0 Å². The smallest absolute Gasteiger partial charge is 0.000216 e. The molecule has 2 atom stereocenters. The van der Waals surface area contributed by atoms with Crippen molar-refractivity contribution in [2.45, 2.75) is 19.3 Å². The summed E-state index contributed by atoms with van der Waals surface area (Å²) in [5.41, 5.74) is 0. The first-order valence-corrected chi connectivity index (χ1v) is 3.51. The first-order valence-electron chi connectivity index (χ1n) is 3.51. The van der Waals surface area contributed by atoms with Crippen molar-refractivity contribution in [1.29, 1.82) is 5.41 Å². The summed E-state index contributed by atoms with van der Waals surface area (Å²) in [5.74, 6) is 1.10. The summed E-state index contributed by atoms with van der Waals surface area (Å²) >= 11 is 0. The van der Waals surface area contributed by atoms with Crippen LogP contribution in [0.15, 0.2) is 12.7 Å². The van der Waals surface area contributed by atoms with Crippen molar-refractivity contribution in [3.63, 3.8) is 0 Å². The molecule has 1 N–H and O–H groups in total. The highest BCUT2D eigenvalue weighted by atomic mass is 14.4. The van der Waals surface area contributed by atoms with E-state index in [9.17, 15) is 0 Å². The molecule has 2 unspecified atom stereocenters. The molecule has 1 saturated carbocycles. The summed E-state index contributed by atoms with van der Waals surface area (Å²) in [6, 6.07) is 0. The molecule has 0 aliphatic heterocycles. The van der Waals surface area contributed by atoms with Gasteiger partial charge in [-0.25, -0.2) is 0 Å². The van der Waals surface area contributed by atoms with Gasteiger partial charge in [0, 0.05) is 0 Å². The van der Waals surface area contributed by atoms with Gasteiger partial charge in [-0.15, -0.1) is 6.58 Å². The summed E-state index contributed by atoms with van der Waals surface area (Å²) in [6.07, 6.45) is 7.27. The number of nitrogens with one attached hydrogen (secondary N) is 1. The fraction of sp³-hybridized carbons (Fsp3) is 0.625. The van der Waals surface area contributed by atoms with Crippen molar-refractivity contribution in [3.8, 4) is 0 Å². The number of hydrogen-bond donors (Lipinski definition) is 1. The average Bonchev–Trinajstić information content (AvgIpc) is 2.33. The first-order chi connectivity index (χ1) is 4.38. The SMILES string of the molecule is C=CC1CCCC1C=N. The Morgan fingerprint density at radius 1 is 1.33 bits per heavy atom. The van der Waals surface area contributed by atoms with Crippen LogP contribution in [0.25, 0.3) is 0 Å². The van der Waals surface area contributed by atoms with E-state index in [-0.39, 0.29) is 0 Å². The lowest BCUT2D eigenvalue weighted by Gasteiger charge is -2.07. The first kappa shape index (κ1) is 6.53. The van der Waals surface area contributed by atoms with E-state index in [2.05, 4.69) is 6.58 Å². The maximum absolute atomic E-state index is 7.06. The van der Waals surface area contributed by atoms with Crippen LogP contribution in [0.3, 0.4) is 0 Å². The molecule has 0 heterocycles. The Kier molecular flexibility index (Phi) is 2.04. The topological polar surface area (TPSA) is 23.9 Å². The summed E-state index contributed by atoms with van der Waals surface area (Å²) in [4.78, 5) is 0. The Morgan fingerprint density at radius 2 is 2.00 bits per heavy atom. The lowest BCUT2D eigenvalue weighted by atomic mass is 9.98. The largest absolute Gasteiger partial charge is 0.313 e. The second-order valence-electron chi connectivity index (χ2n) is 2.66. The lowest BCUT2D eigenvalue weighted by Crippen LogP contribution is -2.04. The molecule has 0 saturated heterocycles. The molecule has 0 aromatic carbocycles. The minimum absolute atomic E-state index is 0.502. The molecule has 1 heteroatoms. The van der Waals surface area contributed by atoms with E-state index in [1.807, 2.05) is 6.08 Å². The van der Waals surface area contributed by atoms with Gasteiger partial charge in [0.2, 0.25) is 0 Å². The van der Waals surface area contributed by atoms with Gasteiger partial charge in [0.25, 0.3) is 0 Å². The van der Waals surface area contributed by atoms with Crippen LogP contribution in [0.5, 0.6) is 0 Å². The highest BCUT2D eigenvalue weighted by molar-refractivity contribution is 5.58. The Hall–Kier alpha value is -0.590. The van der Waals surface area contributed by atoms with E-state index in [1.54, 1.807) is 6.21 Å². The molecule has 1 nitrogen and oxygen atoms in total. The predicted molar refractivity (Wildman–Crippen MR) is 39.8 cm³/mol. The minimum Gasteiger partial charge on any atom is -0.313 e. The van der Waals surface area contributed by atoms with Crippen LogP contribution in [-0.2, 0) is 0 Å². The van der Waals surface area contributed by atoms with Crippen LogP contribution in [0.4, 0.5) is 0 Å². The fourth-order valence-corrected chi connectivity index (χ4v) is 1.52. The molecule has 1 fully saturated rings. The monoisotopic (exact) mass is 123 g/mol. The predicted octanol–water partition coefficient (Wildman–Crippen LogP) is 2.24. The number of allylic oxidation sites excluding steroid dienone is 1. The molecule has 0 radical (unpaired) electrons. The van der Waals surface area contributed by atoms with Gasteiger partial charge in [-0.2, -0.15) is 0 Å². The molecule has 0 aromatic heterocycles. The van der Waals surface area contributed by atoms with E-state index < -0.39 is 0 Å². The van der Waals surface area contributed by atoms with E-state index in [4.69, 9.17) is 5.41 Å². The quantitative estimate of drug-likeness (QED) is 0.430. The zero-order valence-corrected chi connectivity index (χ0v) is 5.64. The zero-order valence-electron chi connectivity index (χ0n) is 5.64. The molecular weight excluding hydrogens is 110 g/mol. The third kappa shape index (κ3) is 1.21. The second-order valence-corrected chi connectivity index (χ2v) is 2.66. The summed E-state index contributed by atoms with van der Waals surface area (Å²) in [7, 11) is 0.